The molecule has 3 rings (SSSR count). The molecule has 0 aliphatic heterocycles. The van der Waals surface area contributed by atoms with E-state index < -0.39 is 0 Å². The highest BCUT2D eigenvalue weighted by Crippen LogP contribution is 2.23. The molecular weight excluding hydrogens is 338 g/mol. The normalized spacial score (nSPS) is 11.8. The molecule has 1 unspecified atom stereocenters. The highest BCUT2D eigenvalue weighted by atomic mass is 35.5. The van der Waals surface area contributed by atoms with Crippen molar-refractivity contribution in [3.63, 3.8) is 0 Å². The van der Waals surface area contributed by atoms with Gasteiger partial charge in [-0.3, -0.25) is 4.79 Å². The average Bonchev–Trinajstić information content (AvgIpc) is 3.06. The van der Waals surface area contributed by atoms with Gasteiger partial charge in [0.2, 0.25) is 0 Å². The van der Waals surface area contributed by atoms with E-state index in [-0.39, 0.29) is 11.9 Å². The summed E-state index contributed by atoms with van der Waals surface area (Å²) in [5.41, 5.74) is 1.45. The van der Waals surface area contributed by atoms with Crippen molar-refractivity contribution in [1.82, 2.24) is 14.9 Å². The fourth-order valence-corrected chi connectivity index (χ4v) is 2.69. The molecule has 0 aliphatic rings. The molecule has 0 saturated heterocycles. The van der Waals surface area contributed by atoms with E-state index in [1.807, 2.05) is 42.1 Å². The van der Waals surface area contributed by atoms with Gasteiger partial charge >= 0.3 is 0 Å². The molecular formula is C19H18ClN3O2. The average molecular weight is 356 g/mol. The molecule has 1 amide bonds. The Labute approximate surface area is 151 Å². The number of rotatable bonds is 5. The van der Waals surface area contributed by atoms with Crippen molar-refractivity contribution in [3.8, 4) is 5.75 Å². The van der Waals surface area contributed by atoms with Crippen molar-refractivity contribution in [2.45, 2.75) is 6.04 Å². The lowest BCUT2D eigenvalue weighted by molar-refractivity contribution is 0.0941. The molecule has 2 aromatic carbocycles. The summed E-state index contributed by atoms with van der Waals surface area (Å²) in [5, 5.41) is 3.63. The summed E-state index contributed by atoms with van der Waals surface area (Å²) in [6.07, 6.45) is 3.56. The summed E-state index contributed by atoms with van der Waals surface area (Å²) in [6, 6.07) is 14.0. The molecule has 1 aromatic heterocycles. The van der Waals surface area contributed by atoms with Crippen LogP contribution in [0.3, 0.4) is 0 Å². The number of amides is 1. The first-order valence-corrected chi connectivity index (χ1v) is 8.14. The molecule has 1 atom stereocenters. The zero-order chi connectivity index (χ0) is 17.8. The minimum Gasteiger partial charge on any atom is -0.497 e. The van der Waals surface area contributed by atoms with E-state index in [0.29, 0.717) is 10.6 Å². The molecule has 6 heteroatoms. The van der Waals surface area contributed by atoms with Gasteiger partial charge in [0.1, 0.15) is 17.6 Å². The first-order chi connectivity index (χ1) is 12.1. The minimum atomic E-state index is -0.380. The number of carbonyl (C=O) groups is 1. The second-order valence-corrected chi connectivity index (χ2v) is 6.02. The number of aryl methyl sites for hydroxylation is 1. The number of halogens is 1. The van der Waals surface area contributed by atoms with Gasteiger partial charge in [-0.15, -0.1) is 0 Å². The van der Waals surface area contributed by atoms with E-state index in [4.69, 9.17) is 16.3 Å². The van der Waals surface area contributed by atoms with Gasteiger partial charge in [-0.05, 0) is 42.0 Å². The molecule has 1 heterocycles. The summed E-state index contributed by atoms with van der Waals surface area (Å²) >= 11 is 5.89. The minimum absolute atomic E-state index is 0.194. The third-order valence-corrected chi connectivity index (χ3v) is 4.20. The third kappa shape index (κ3) is 3.83. The van der Waals surface area contributed by atoms with E-state index in [9.17, 15) is 4.79 Å². The number of imidazole rings is 1. The van der Waals surface area contributed by atoms with Crippen molar-refractivity contribution >= 4 is 17.5 Å². The molecule has 0 aliphatic carbocycles. The number of methoxy groups -OCH3 is 1. The molecule has 3 aromatic rings. The van der Waals surface area contributed by atoms with Gasteiger partial charge in [0, 0.05) is 30.0 Å². The van der Waals surface area contributed by atoms with Gasteiger partial charge in [0.25, 0.3) is 5.91 Å². The van der Waals surface area contributed by atoms with Crippen LogP contribution in [-0.2, 0) is 7.05 Å². The third-order valence-electron chi connectivity index (χ3n) is 3.95. The van der Waals surface area contributed by atoms with Crippen LogP contribution in [0.15, 0.2) is 60.9 Å². The summed E-state index contributed by atoms with van der Waals surface area (Å²) in [5.74, 6) is 1.30. The number of benzene rings is 2. The summed E-state index contributed by atoms with van der Waals surface area (Å²) in [4.78, 5) is 17.0. The van der Waals surface area contributed by atoms with Crippen molar-refractivity contribution in [2.24, 2.45) is 7.05 Å². The van der Waals surface area contributed by atoms with Crippen LogP contribution in [0.25, 0.3) is 0 Å². The molecule has 0 spiro atoms. The van der Waals surface area contributed by atoms with Crippen LogP contribution in [-0.4, -0.2) is 22.6 Å². The molecule has 5 nitrogen and oxygen atoms in total. The Bertz CT molecular complexity index is 857. The van der Waals surface area contributed by atoms with Gasteiger partial charge in [-0.1, -0.05) is 23.7 Å². The lowest BCUT2D eigenvalue weighted by Crippen LogP contribution is -2.31. The van der Waals surface area contributed by atoms with Crippen molar-refractivity contribution in [2.75, 3.05) is 7.11 Å². The largest absolute Gasteiger partial charge is 0.497 e. The standard InChI is InChI=1S/C19H18ClN3O2/c1-23-12-11-21-18(23)17(13-5-9-16(25-2)10-6-13)22-19(24)14-3-7-15(20)8-4-14/h3-12,17H,1-2H3,(H,22,24). The highest BCUT2D eigenvalue weighted by Gasteiger charge is 2.21. The Morgan fingerprint density at radius 1 is 1.16 bits per heavy atom. The molecule has 25 heavy (non-hydrogen) atoms. The SMILES string of the molecule is COc1ccc(C(NC(=O)c2ccc(Cl)cc2)c2nccn2C)cc1. The van der Waals surface area contributed by atoms with Crippen LogP contribution >= 0.6 is 11.6 Å². The van der Waals surface area contributed by atoms with E-state index >= 15 is 0 Å². The van der Waals surface area contributed by atoms with E-state index in [1.54, 1.807) is 37.6 Å². The number of aromatic nitrogens is 2. The molecule has 0 radical (unpaired) electrons. The Morgan fingerprint density at radius 2 is 1.84 bits per heavy atom. The lowest BCUT2D eigenvalue weighted by atomic mass is 10.0. The van der Waals surface area contributed by atoms with Gasteiger partial charge in [0.15, 0.2) is 0 Å². The molecule has 0 bridgehead atoms. The number of nitrogens with zero attached hydrogens (tertiary/aromatic N) is 2. The predicted octanol–water partition coefficient (Wildman–Crippen LogP) is 3.60. The number of hydrogen-bond acceptors (Lipinski definition) is 3. The fourth-order valence-electron chi connectivity index (χ4n) is 2.56. The van der Waals surface area contributed by atoms with E-state index in [1.165, 1.54) is 0 Å². The highest BCUT2D eigenvalue weighted by molar-refractivity contribution is 6.30. The van der Waals surface area contributed by atoms with Crippen molar-refractivity contribution < 1.29 is 9.53 Å². The Hall–Kier alpha value is -2.79. The maximum atomic E-state index is 12.7. The van der Waals surface area contributed by atoms with Crippen LogP contribution in [0.1, 0.15) is 27.8 Å². The van der Waals surface area contributed by atoms with Crippen LogP contribution in [0.4, 0.5) is 0 Å². The summed E-state index contributed by atoms with van der Waals surface area (Å²) in [6.45, 7) is 0. The monoisotopic (exact) mass is 355 g/mol. The first kappa shape index (κ1) is 17.0. The predicted molar refractivity (Wildman–Crippen MR) is 97.0 cm³/mol. The quantitative estimate of drug-likeness (QED) is 0.760. The zero-order valence-electron chi connectivity index (χ0n) is 13.9. The topological polar surface area (TPSA) is 56.1 Å². The number of ether oxygens (including phenoxy) is 1. The molecule has 0 fully saturated rings. The second-order valence-electron chi connectivity index (χ2n) is 5.58. The zero-order valence-corrected chi connectivity index (χ0v) is 14.7. The maximum absolute atomic E-state index is 12.7. The summed E-state index contributed by atoms with van der Waals surface area (Å²) < 4.78 is 7.09. The first-order valence-electron chi connectivity index (χ1n) is 7.76. The number of nitrogens with one attached hydrogen (secondary N) is 1. The summed E-state index contributed by atoms with van der Waals surface area (Å²) in [7, 11) is 3.51. The molecule has 128 valence electrons. The van der Waals surface area contributed by atoms with Crippen LogP contribution in [0, 0.1) is 0 Å². The van der Waals surface area contributed by atoms with Gasteiger partial charge in [-0.25, -0.2) is 4.98 Å². The van der Waals surface area contributed by atoms with Crippen molar-refractivity contribution in [1.29, 1.82) is 0 Å². The van der Waals surface area contributed by atoms with Gasteiger partial charge in [0.05, 0.1) is 7.11 Å². The maximum Gasteiger partial charge on any atom is 0.252 e. The Kier molecular flexibility index (Phi) is 5.05. The van der Waals surface area contributed by atoms with Gasteiger partial charge < -0.3 is 14.6 Å². The van der Waals surface area contributed by atoms with E-state index in [2.05, 4.69) is 10.3 Å². The van der Waals surface area contributed by atoms with Crippen LogP contribution < -0.4 is 10.1 Å². The Morgan fingerprint density at radius 3 is 2.40 bits per heavy atom. The van der Waals surface area contributed by atoms with Crippen LogP contribution in [0.5, 0.6) is 5.75 Å². The Balaban J connectivity index is 1.92. The van der Waals surface area contributed by atoms with E-state index in [0.717, 1.165) is 17.1 Å². The smallest absolute Gasteiger partial charge is 0.252 e. The van der Waals surface area contributed by atoms with Crippen LogP contribution in [0.2, 0.25) is 5.02 Å². The van der Waals surface area contributed by atoms with Gasteiger partial charge in [-0.2, -0.15) is 0 Å². The van der Waals surface area contributed by atoms with Crippen molar-refractivity contribution in [3.05, 3.63) is 82.9 Å². The number of hydrogen-bond donors (Lipinski definition) is 1. The number of carbonyl (C=O) groups excluding carboxylic acids is 1. The molecule has 0 saturated carbocycles. The molecule has 1 N–H and O–H groups in total. The lowest BCUT2D eigenvalue weighted by Gasteiger charge is -2.19. The fraction of sp³-hybridized carbons (Fsp3) is 0.158. The second kappa shape index (κ2) is 7.40.